The third kappa shape index (κ3) is 2.57. The van der Waals surface area contributed by atoms with Gasteiger partial charge in [0.1, 0.15) is 7.11 Å². The Morgan fingerprint density at radius 1 is 1.35 bits per heavy atom. The number of hydrogen-bond donors (Lipinski definition) is 1. The molecule has 2 aromatic rings. The molecule has 0 aliphatic heterocycles. The molecule has 0 saturated carbocycles. The molecule has 0 amide bonds. The molecule has 0 unspecified atom stereocenters. The standard InChI is InChI=1S/C10H11NO5S/c1-15-11-6-8(7-16-17(12,13)14)9-4-2-3-5-10(9)11/h2-6H,7H2,1H3,(H,12,13,14). The van der Waals surface area contributed by atoms with Crippen LogP contribution in [-0.2, 0) is 21.2 Å². The first-order valence-corrected chi connectivity index (χ1v) is 6.13. The summed E-state index contributed by atoms with van der Waals surface area (Å²) in [5.74, 6) is 0. The highest BCUT2D eigenvalue weighted by atomic mass is 32.3. The molecule has 6 nitrogen and oxygen atoms in total. The minimum Gasteiger partial charge on any atom is -0.417 e. The van der Waals surface area contributed by atoms with Crippen LogP contribution < -0.4 is 4.84 Å². The SMILES string of the molecule is COn1cc(COS(=O)(=O)O)c2ccccc21. The van der Waals surface area contributed by atoms with Gasteiger partial charge >= 0.3 is 10.4 Å². The van der Waals surface area contributed by atoms with Crippen molar-refractivity contribution < 1.29 is 22.0 Å². The first-order valence-electron chi connectivity index (χ1n) is 4.76. The van der Waals surface area contributed by atoms with E-state index in [1.54, 1.807) is 6.20 Å². The molecule has 0 atom stereocenters. The minimum absolute atomic E-state index is 0.240. The minimum atomic E-state index is -4.44. The van der Waals surface area contributed by atoms with Gasteiger partial charge in [-0.1, -0.05) is 18.2 Å². The zero-order chi connectivity index (χ0) is 12.5. The van der Waals surface area contributed by atoms with Gasteiger partial charge in [-0.3, -0.25) is 4.55 Å². The maximum Gasteiger partial charge on any atom is 0.397 e. The number of nitrogens with zero attached hydrogens (tertiary/aromatic N) is 1. The summed E-state index contributed by atoms with van der Waals surface area (Å²) in [6.45, 7) is -0.240. The molecule has 2 rings (SSSR count). The summed E-state index contributed by atoms with van der Waals surface area (Å²) in [5.41, 5.74) is 1.41. The average molecular weight is 257 g/mol. The van der Waals surface area contributed by atoms with E-state index in [9.17, 15) is 8.42 Å². The van der Waals surface area contributed by atoms with E-state index < -0.39 is 10.4 Å². The number of benzene rings is 1. The van der Waals surface area contributed by atoms with Crippen LogP contribution >= 0.6 is 0 Å². The largest absolute Gasteiger partial charge is 0.417 e. The van der Waals surface area contributed by atoms with Crippen LogP contribution in [0.1, 0.15) is 5.56 Å². The molecule has 0 aliphatic rings. The monoisotopic (exact) mass is 257 g/mol. The van der Waals surface area contributed by atoms with Crippen molar-refractivity contribution in [2.75, 3.05) is 7.11 Å². The van der Waals surface area contributed by atoms with E-state index in [4.69, 9.17) is 9.39 Å². The smallest absolute Gasteiger partial charge is 0.397 e. The highest BCUT2D eigenvalue weighted by molar-refractivity contribution is 7.80. The summed E-state index contributed by atoms with van der Waals surface area (Å²) in [6.07, 6.45) is 1.61. The Labute approximate surface area is 98.3 Å². The third-order valence-corrected chi connectivity index (χ3v) is 2.74. The van der Waals surface area contributed by atoms with Gasteiger partial charge in [0.15, 0.2) is 0 Å². The van der Waals surface area contributed by atoms with E-state index in [2.05, 4.69) is 4.18 Å². The number of hydrogen-bond acceptors (Lipinski definition) is 4. The van der Waals surface area contributed by atoms with Crippen molar-refractivity contribution >= 4 is 21.3 Å². The second-order valence-electron chi connectivity index (χ2n) is 3.37. The summed E-state index contributed by atoms with van der Waals surface area (Å²) in [4.78, 5) is 5.09. The fraction of sp³-hybridized carbons (Fsp3) is 0.200. The quantitative estimate of drug-likeness (QED) is 0.827. The van der Waals surface area contributed by atoms with E-state index in [0.29, 0.717) is 5.56 Å². The van der Waals surface area contributed by atoms with Crippen LogP contribution in [0, 0.1) is 0 Å². The lowest BCUT2D eigenvalue weighted by Crippen LogP contribution is -2.04. The maximum absolute atomic E-state index is 10.5. The van der Waals surface area contributed by atoms with E-state index in [1.807, 2.05) is 24.3 Å². The van der Waals surface area contributed by atoms with Gasteiger partial charge in [-0.05, 0) is 6.07 Å². The Morgan fingerprint density at radius 2 is 2.06 bits per heavy atom. The van der Waals surface area contributed by atoms with Crippen LogP contribution in [0.15, 0.2) is 30.5 Å². The normalized spacial score (nSPS) is 11.9. The second-order valence-corrected chi connectivity index (χ2v) is 4.46. The van der Waals surface area contributed by atoms with Crippen molar-refractivity contribution in [3.05, 3.63) is 36.0 Å². The summed E-state index contributed by atoms with van der Waals surface area (Å²) >= 11 is 0. The Balaban J connectivity index is 2.41. The van der Waals surface area contributed by atoms with Crippen molar-refractivity contribution in [3.8, 4) is 0 Å². The van der Waals surface area contributed by atoms with Gasteiger partial charge in [0.05, 0.1) is 18.3 Å². The van der Waals surface area contributed by atoms with Gasteiger partial charge < -0.3 is 4.84 Å². The second kappa shape index (κ2) is 4.36. The van der Waals surface area contributed by atoms with Crippen LogP contribution in [0.3, 0.4) is 0 Å². The van der Waals surface area contributed by atoms with Gasteiger partial charge in [-0.15, -0.1) is 0 Å². The number of rotatable bonds is 4. The summed E-state index contributed by atoms with van der Waals surface area (Å²) in [5, 5.41) is 0.804. The first-order chi connectivity index (χ1) is 8.01. The van der Waals surface area contributed by atoms with Crippen LogP contribution in [-0.4, -0.2) is 24.8 Å². The zero-order valence-electron chi connectivity index (χ0n) is 9.03. The first kappa shape index (κ1) is 11.9. The molecule has 7 heteroatoms. The Morgan fingerprint density at radius 3 is 2.71 bits per heavy atom. The highest BCUT2D eigenvalue weighted by Crippen LogP contribution is 2.21. The Kier molecular flexibility index (Phi) is 3.05. The van der Waals surface area contributed by atoms with Gasteiger partial charge in [0, 0.05) is 10.9 Å². The molecule has 0 aliphatic carbocycles. The van der Waals surface area contributed by atoms with Gasteiger partial charge in [0.25, 0.3) is 0 Å². The predicted octanol–water partition coefficient (Wildman–Crippen LogP) is 1.02. The van der Waals surface area contributed by atoms with Gasteiger partial charge in [-0.2, -0.15) is 13.1 Å². The van der Waals surface area contributed by atoms with Gasteiger partial charge in [-0.25, -0.2) is 4.18 Å². The Bertz CT molecular complexity index is 631. The maximum atomic E-state index is 10.5. The van der Waals surface area contributed by atoms with Crippen LogP contribution in [0.2, 0.25) is 0 Å². The van der Waals surface area contributed by atoms with E-state index >= 15 is 0 Å². The van der Waals surface area contributed by atoms with Crippen LogP contribution in [0.25, 0.3) is 10.9 Å². The summed E-state index contributed by atoms with van der Waals surface area (Å²) in [7, 11) is -2.94. The molecule has 1 aromatic heterocycles. The molecule has 92 valence electrons. The molecule has 17 heavy (non-hydrogen) atoms. The topological polar surface area (TPSA) is 77.8 Å². The number of aromatic nitrogens is 1. The molecule has 0 spiro atoms. The van der Waals surface area contributed by atoms with Crippen LogP contribution in [0.5, 0.6) is 0 Å². The molecule has 0 fully saturated rings. The summed E-state index contributed by atoms with van der Waals surface area (Å²) < 4.78 is 35.4. The van der Waals surface area contributed by atoms with Crippen molar-refractivity contribution in [1.82, 2.24) is 4.73 Å². The number of fused-ring (bicyclic) bond motifs is 1. The third-order valence-electron chi connectivity index (χ3n) is 2.32. The number of para-hydroxylation sites is 1. The van der Waals surface area contributed by atoms with E-state index in [1.165, 1.54) is 11.8 Å². The lowest BCUT2D eigenvalue weighted by molar-refractivity contribution is 0.177. The van der Waals surface area contributed by atoms with Crippen molar-refractivity contribution in [2.45, 2.75) is 6.61 Å². The predicted molar refractivity (Wildman–Crippen MR) is 60.8 cm³/mol. The Hall–Kier alpha value is -1.57. The van der Waals surface area contributed by atoms with E-state index in [0.717, 1.165) is 10.9 Å². The molecule has 1 N–H and O–H groups in total. The van der Waals surface area contributed by atoms with Crippen molar-refractivity contribution in [3.63, 3.8) is 0 Å². The molecular formula is C10H11NO5S. The molecule has 1 aromatic carbocycles. The van der Waals surface area contributed by atoms with Crippen molar-refractivity contribution in [2.24, 2.45) is 0 Å². The van der Waals surface area contributed by atoms with Crippen LogP contribution in [0.4, 0.5) is 0 Å². The zero-order valence-corrected chi connectivity index (χ0v) is 9.85. The molecule has 0 bridgehead atoms. The lowest BCUT2D eigenvalue weighted by atomic mass is 10.2. The lowest BCUT2D eigenvalue weighted by Gasteiger charge is -2.00. The molecular weight excluding hydrogens is 246 g/mol. The average Bonchev–Trinajstić information content (AvgIpc) is 2.64. The van der Waals surface area contributed by atoms with Crippen molar-refractivity contribution in [1.29, 1.82) is 0 Å². The summed E-state index contributed by atoms with van der Waals surface area (Å²) in [6, 6.07) is 7.30. The van der Waals surface area contributed by atoms with E-state index in [-0.39, 0.29) is 6.61 Å². The molecule has 1 heterocycles. The fourth-order valence-corrected chi connectivity index (χ4v) is 1.90. The molecule has 0 saturated heterocycles. The van der Waals surface area contributed by atoms with Gasteiger partial charge in [0.2, 0.25) is 0 Å². The highest BCUT2D eigenvalue weighted by Gasteiger charge is 2.11. The molecule has 0 radical (unpaired) electrons. The fourth-order valence-electron chi connectivity index (χ4n) is 1.62.